The second kappa shape index (κ2) is 4.96. The summed E-state index contributed by atoms with van der Waals surface area (Å²) in [6, 6.07) is 6.37. The van der Waals surface area contributed by atoms with Gasteiger partial charge in [-0.05, 0) is 36.1 Å². The Kier molecular flexibility index (Phi) is 3.61. The molecule has 0 spiro atoms. The van der Waals surface area contributed by atoms with Crippen LogP contribution < -0.4 is 11.2 Å². The Morgan fingerprint density at radius 2 is 2.40 bits per heavy atom. The molecular weight excluding hydrogens is 212 g/mol. The number of fused-ring (bicyclic) bond motifs is 1. The van der Waals surface area contributed by atoms with Crippen molar-refractivity contribution >= 4 is 12.0 Å². The van der Waals surface area contributed by atoms with Crippen LogP contribution in [0.25, 0.3) is 0 Å². The van der Waals surface area contributed by atoms with Crippen molar-refractivity contribution in [3.8, 4) is 0 Å². The van der Waals surface area contributed by atoms with E-state index < -0.39 is 0 Å². The third-order valence-electron chi connectivity index (χ3n) is 2.49. The second-order valence-corrected chi connectivity index (χ2v) is 4.22. The molecule has 0 saturated carbocycles. The van der Waals surface area contributed by atoms with Gasteiger partial charge in [-0.1, -0.05) is 6.07 Å². The van der Waals surface area contributed by atoms with Crippen molar-refractivity contribution in [2.75, 3.05) is 7.05 Å². The fraction of sp³-hybridized carbons (Fsp3) is 0.400. The van der Waals surface area contributed by atoms with Crippen LogP contribution in [0.1, 0.15) is 23.6 Å². The molecule has 1 aliphatic rings. The van der Waals surface area contributed by atoms with E-state index in [-0.39, 0.29) is 6.04 Å². The number of nitrogens with one attached hydrogen (secondary N) is 1. The predicted molar refractivity (Wildman–Crippen MR) is 58.8 cm³/mol. The molecule has 15 heavy (non-hydrogen) atoms. The first kappa shape index (κ1) is 10.9. The smallest absolute Gasteiger partial charge is 0.0702 e. The first-order valence-corrected chi connectivity index (χ1v) is 5.61. The fourth-order valence-electron chi connectivity index (χ4n) is 1.77. The lowest BCUT2D eigenvalue weighted by Crippen LogP contribution is -2.05. The van der Waals surface area contributed by atoms with Crippen LogP contribution in [-0.2, 0) is 15.7 Å². The number of benzene rings is 1. The predicted octanol–water partition coefficient (Wildman–Crippen LogP) is 1.72. The highest BCUT2D eigenvalue weighted by Crippen LogP contribution is 2.32. The van der Waals surface area contributed by atoms with E-state index in [1.807, 2.05) is 6.07 Å². The van der Waals surface area contributed by atoms with E-state index in [9.17, 15) is 0 Å². The lowest BCUT2D eigenvalue weighted by molar-refractivity contribution is -0.237. The maximum atomic E-state index is 5.95. The van der Waals surface area contributed by atoms with Gasteiger partial charge in [0.25, 0.3) is 0 Å². The van der Waals surface area contributed by atoms with Crippen LogP contribution in [0.15, 0.2) is 23.1 Å². The molecule has 0 fully saturated rings. The molecule has 0 unspecified atom stereocenters. The zero-order valence-corrected chi connectivity index (χ0v) is 9.34. The third kappa shape index (κ3) is 2.50. The summed E-state index contributed by atoms with van der Waals surface area (Å²) in [4.78, 5) is 5.59. The van der Waals surface area contributed by atoms with Gasteiger partial charge in [0.15, 0.2) is 0 Å². The molecule has 1 aromatic rings. The summed E-state index contributed by atoms with van der Waals surface area (Å²) >= 11 is 1.19. The summed E-state index contributed by atoms with van der Waals surface area (Å²) in [5, 5.41) is 0. The van der Waals surface area contributed by atoms with E-state index in [1.54, 1.807) is 7.05 Å². The van der Waals surface area contributed by atoms with Gasteiger partial charge in [-0.25, -0.2) is 0 Å². The van der Waals surface area contributed by atoms with Crippen LogP contribution in [0.2, 0.25) is 0 Å². The SMILES string of the molecule is CNOOSc1ccc2c(c1)CC[C@@H]2N. The quantitative estimate of drug-likeness (QED) is 0.354. The molecular formula is C10H14N2O2S. The minimum Gasteiger partial charge on any atom is -0.324 e. The van der Waals surface area contributed by atoms with Crippen molar-refractivity contribution < 1.29 is 9.32 Å². The number of rotatable bonds is 4. The van der Waals surface area contributed by atoms with E-state index in [0.29, 0.717) is 0 Å². The average molecular weight is 226 g/mol. The lowest BCUT2D eigenvalue weighted by atomic mass is 10.1. The van der Waals surface area contributed by atoms with E-state index in [0.717, 1.165) is 17.7 Å². The van der Waals surface area contributed by atoms with Gasteiger partial charge >= 0.3 is 0 Å². The Hall–Kier alpha value is -0.590. The summed E-state index contributed by atoms with van der Waals surface area (Å²) in [5.74, 6) is 0. The van der Waals surface area contributed by atoms with Crippen LogP contribution in [0.5, 0.6) is 0 Å². The molecule has 2 rings (SSSR count). The van der Waals surface area contributed by atoms with Crippen LogP contribution in [0.4, 0.5) is 0 Å². The Balaban J connectivity index is 2.03. The molecule has 5 heteroatoms. The molecule has 1 aromatic carbocycles. The van der Waals surface area contributed by atoms with Gasteiger partial charge in [0.1, 0.15) is 0 Å². The monoisotopic (exact) mass is 226 g/mol. The van der Waals surface area contributed by atoms with Crippen LogP contribution in [0, 0.1) is 0 Å². The molecule has 0 saturated heterocycles. The average Bonchev–Trinajstić information content (AvgIpc) is 2.61. The highest BCUT2D eigenvalue weighted by Gasteiger charge is 2.18. The molecule has 4 nitrogen and oxygen atoms in total. The number of nitrogens with two attached hydrogens (primary N) is 1. The normalized spacial score (nSPS) is 19.2. The molecule has 1 atom stereocenters. The second-order valence-electron chi connectivity index (χ2n) is 3.44. The fourth-order valence-corrected chi connectivity index (χ4v) is 2.26. The van der Waals surface area contributed by atoms with Crippen molar-refractivity contribution in [2.45, 2.75) is 23.8 Å². The first-order valence-electron chi connectivity index (χ1n) is 4.86. The van der Waals surface area contributed by atoms with Gasteiger partial charge < -0.3 is 5.73 Å². The van der Waals surface area contributed by atoms with Gasteiger partial charge in [0, 0.05) is 18.0 Å². The summed E-state index contributed by atoms with van der Waals surface area (Å²) in [6.07, 6.45) is 2.09. The molecule has 0 radical (unpaired) electrons. The number of hydrogen-bond acceptors (Lipinski definition) is 5. The molecule has 1 aliphatic carbocycles. The van der Waals surface area contributed by atoms with Crippen molar-refractivity contribution in [2.24, 2.45) is 5.73 Å². The van der Waals surface area contributed by atoms with Crippen molar-refractivity contribution in [1.29, 1.82) is 0 Å². The lowest BCUT2D eigenvalue weighted by Gasteiger charge is -2.05. The minimum atomic E-state index is 0.202. The Bertz CT molecular complexity index is 346. The van der Waals surface area contributed by atoms with Crippen LogP contribution in [0.3, 0.4) is 0 Å². The summed E-state index contributed by atoms with van der Waals surface area (Å²) in [7, 11) is 1.64. The molecule has 0 heterocycles. The Morgan fingerprint density at radius 3 is 3.20 bits per heavy atom. The minimum absolute atomic E-state index is 0.202. The van der Waals surface area contributed by atoms with E-state index in [1.165, 1.54) is 23.2 Å². The summed E-state index contributed by atoms with van der Waals surface area (Å²) in [6.45, 7) is 0. The largest absolute Gasteiger partial charge is 0.324 e. The Labute approximate surface area is 93.2 Å². The molecule has 0 aromatic heterocycles. The molecule has 82 valence electrons. The van der Waals surface area contributed by atoms with E-state index in [2.05, 4.69) is 22.6 Å². The molecule has 0 aliphatic heterocycles. The Morgan fingerprint density at radius 1 is 1.53 bits per heavy atom. The maximum Gasteiger partial charge on any atom is 0.0702 e. The van der Waals surface area contributed by atoms with Gasteiger partial charge in [0.05, 0.1) is 12.0 Å². The highest BCUT2D eigenvalue weighted by atomic mass is 32.2. The molecule has 3 N–H and O–H groups in total. The maximum absolute atomic E-state index is 5.95. The first-order chi connectivity index (χ1) is 7.31. The van der Waals surface area contributed by atoms with Gasteiger partial charge in [-0.2, -0.15) is 5.48 Å². The molecule has 0 amide bonds. The molecule has 0 bridgehead atoms. The summed E-state index contributed by atoms with van der Waals surface area (Å²) < 4.78 is 4.83. The highest BCUT2D eigenvalue weighted by molar-refractivity contribution is 7.94. The van der Waals surface area contributed by atoms with Crippen molar-refractivity contribution in [3.05, 3.63) is 29.3 Å². The van der Waals surface area contributed by atoms with E-state index >= 15 is 0 Å². The van der Waals surface area contributed by atoms with E-state index in [4.69, 9.17) is 10.1 Å². The zero-order valence-electron chi connectivity index (χ0n) is 8.53. The van der Waals surface area contributed by atoms with Crippen LogP contribution >= 0.6 is 12.0 Å². The number of aryl methyl sites for hydroxylation is 1. The zero-order chi connectivity index (χ0) is 10.7. The summed E-state index contributed by atoms with van der Waals surface area (Å²) in [5.41, 5.74) is 11.0. The van der Waals surface area contributed by atoms with Crippen molar-refractivity contribution in [3.63, 3.8) is 0 Å². The van der Waals surface area contributed by atoms with Crippen molar-refractivity contribution in [1.82, 2.24) is 5.48 Å². The number of hydroxylamine groups is 1. The van der Waals surface area contributed by atoms with Gasteiger partial charge in [-0.15, -0.1) is 9.32 Å². The third-order valence-corrected chi connectivity index (χ3v) is 3.07. The standard InChI is InChI=1S/C10H14N2O2S/c1-12-13-14-15-8-3-4-9-7(6-8)2-5-10(9)11/h3-4,6,10,12H,2,5,11H2,1H3/t10-/m0/s1. The van der Waals surface area contributed by atoms with Gasteiger partial charge in [-0.3, -0.25) is 0 Å². The topological polar surface area (TPSA) is 56.5 Å². The van der Waals surface area contributed by atoms with Gasteiger partial charge in [0.2, 0.25) is 0 Å². The number of hydrogen-bond donors (Lipinski definition) is 2. The van der Waals surface area contributed by atoms with Crippen LogP contribution in [-0.4, -0.2) is 7.05 Å².